The monoisotopic (exact) mass is 342 g/mol. The van der Waals surface area contributed by atoms with E-state index in [1.54, 1.807) is 20.8 Å². The molecule has 24 heavy (non-hydrogen) atoms. The maximum atomic E-state index is 13.9. The van der Waals surface area contributed by atoms with Gasteiger partial charge in [0, 0.05) is 17.5 Å². The molecule has 0 saturated carbocycles. The molecule has 1 unspecified atom stereocenters. The summed E-state index contributed by atoms with van der Waals surface area (Å²) >= 11 is 0. The number of fused-ring (bicyclic) bond motifs is 1. The minimum Gasteiger partial charge on any atom is -0.493 e. The van der Waals surface area contributed by atoms with Gasteiger partial charge in [0.25, 0.3) is 6.43 Å². The first kappa shape index (κ1) is 18.2. The highest BCUT2D eigenvalue weighted by molar-refractivity contribution is 6.17. The summed E-state index contributed by atoms with van der Waals surface area (Å²) in [6.07, 6.45) is -3.70. The average Bonchev–Trinajstić information content (AvgIpc) is 2.78. The SMILES string of the molecule is COc1ccc2c(c1OC)CC(C(=O)OC(C)(C)C)(C(F)F)C2=O. The lowest BCUT2D eigenvalue weighted by Crippen LogP contribution is -2.47. The predicted octanol–water partition coefficient (Wildman–Crippen LogP) is 3.04. The molecule has 5 nitrogen and oxygen atoms in total. The van der Waals surface area contributed by atoms with Crippen LogP contribution in [0.25, 0.3) is 0 Å². The van der Waals surface area contributed by atoms with E-state index in [1.165, 1.54) is 26.4 Å². The molecule has 0 N–H and O–H groups in total. The minimum absolute atomic E-state index is 0.0267. The molecule has 0 aromatic heterocycles. The molecule has 0 radical (unpaired) electrons. The zero-order valence-electron chi connectivity index (χ0n) is 14.2. The van der Waals surface area contributed by atoms with Crippen LogP contribution in [-0.2, 0) is 16.0 Å². The van der Waals surface area contributed by atoms with E-state index in [9.17, 15) is 18.4 Å². The summed E-state index contributed by atoms with van der Waals surface area (Å²) in [4.78, 5) is 25.1. The molecule has 1 aliphatic carbocycles. The lowest BCUT2D eigenvalue weighted by Gasteiger charge is -2.29. The van der Waals surface area contributed by atoms with Crippen molar-refractivity contribution in [1.82, 2.24) is 0 Å². The second kappa shape index (κ2) is 6.03. The lowest BCUT2D eigenvalue weighted by atomic mass is 9.83. The van der Waals surface area contributed by atoms with Gasteiger partial charge in [-0.3, -0.25) is 9.59 Å². The smallest absolute Gasteiger partial charge is 0.326 e. The van der Waals surface area contributed by atoms with Crippen LogP contribution >= 0.6 is 0 Å². The normalized spacial score (nSPS) is 20.1. The highest BCUT2D eigenvalue weighted by Crippen LogP contribution is 2.48. The van der Waals surface area contributed by atoms with Crippen LogP contribution in [0.5, 0.6) is 11.5 Å². The quantitative estimate of drug-likeness (QED) is 0.622. The first-order valence-electron chi connectivity index (χ1n) is 7.38. The number of ether oxygens (including phenoxy) is 3. The number of methoxy groups -OCH3 is 2. The van der Waals surface area contributed by atoms with E-state index in [-0.39, 0.29) is 16.9 Å². The maximum Gasteiger partial charge on any atom is 0.326 e. The van der Waals surface area contributed by atoms with Gasteiger partial charge in [0.15, 0.2) is 22.7 Å². The summed E-state index contributed by atoms with van der Waals surface area (Å²) in [7, 11) is 2.74. The molecule has 0 bridgehead atoms. The Bertz CT molecular complexity index is 678. The number of benzene rings is 1. The number of ketones is 1. The minimum atomic E-state index is -3.21. The molecule has 0 aliphatic heterocycles. The van der Waals surface area contributed by atoms with Crippen molar-refractivity contribution in [2.24, 2.45) is 5.41 Å². The average molecular weight is 342 g/mol. The fourth-order valence-electron chi connectivity index (χ4n) is 2.78. The fourth-order valence-corrected chi connectivity index (χ4v) is 2.78. The van der Waals surface area contributed by atoms with Gasteiger partial charge in [-0.15, -0.1) is 0 Å². The number of esters is 1. The number of hydrogen-bond acceptors (Lipinski definition) is 5. The summed E-state index contributed by atoms with van der Waals surface area (Å²) in [6, 6.07) is 2.82. The number of alkyl halides is 2. The highest BCUT2D eigenvalue weighted by atomic mass is 19.3. The first-order valence-corrected chi connectivity index (χ1v) is 7.38. The van der Waals surface area contributed by atoms with Gasteiger partial charge in [-0.05, 0) is 32.9 Å². The van der Waals surface area contributed by atoms with Crippen molar-refractivity contribution in [3.63, 3.8) is 0 Å². The standard InChI is InChI=1S/C17H20F2O5/c1-16(2,3)24-15(21)17(14(18)19)8-10-9(13(17)20)6-7-11(22-4)12(10)23-5/h6-7,14H,8H2,1-5H3. The van der Waals surface area contributed by atoms with Gasteiger partial charge in [0.1, 0.15) is 5.60 Å². The molecule has 1 atom stereocenters. The Labute approximate surface area is 138 Å². The van der Waals surface area contributed by atoms with Crippen molar-refractivity contribution < 1.29 is 32.6 Å². The van der Waals surface area contributed by atoms with E-state index in [0.717, 1.165) is 0 Å². The van der Waals surface area contributed by atoms with Gasteiger partial charge in [-0.25, -0.2) is 8.78 Å². The Morgan fingerprint density at radius 3 is 2.29 bits per heavy atom. The topological polar surface area (TPSA) is 61.8 Å². The van der Waals surface area contributed by atoms with E-state index in [4.69, 9.17) is 14.2 Å². The van der Waals surface area contributed by atoms with Gasteiger partial charge in [-0.1, -0.05) is 0 Å². The van der Waals surface area contributed by atoms with Crippen LogP contribution in [0.4, 0.5) is 8.78 Å². The summed E-state index contributed by atoms with van der Waals surface area (Å²) in [5, 5.41) is 0. The molecular formula is C17H20F2O5. The van der Waals surface area contributed by atoms with Crippen molar-refractivity contribution >= 4 is 11.8 Å². The van der Waals surface area contributed by atoms with Crippen LogP contribution in [0, 0.1) is 5.41 Å². The highest BCUT2D eigenvalue weighted by Gasteiger charge is 2.61. The van der Waals surface area contributed by atoms with Crippen LogP contribution < -0.4 is 9.47 Å². The van der Waals surface area contributed by atoms with Crippen molar-refractivity contribution in [2.75, 3.05) is 14.2 Å². The molecule has 0 saturated heterocycles. The largest absolute Gasteiger partial charge is 0.493 e. The number of carbonyl (C=O) groups excluding carboxylic acids is 2. The molecule has 0 fully saturated rings. The number of halogens is 2. The third kappa shape index (κ3) is 2.72. The lowest BCUT2D eigenvalue weighted by molar-refractivity contribution is -0.171. The molecule has 132 valence electrons. The molecule has 2 rings (SSSR count). The zero-order chi connectivity index (χ0) is 18.3. The Hall–Kier alpha value is -2.18. The van der Waals surface area contributed by atoms with Crippen LogP contribution in [0.1, 0.15) is 36.7 Å². The van der Waals surface area contributed by atoms with Crippen molar-refractivity contribution in [2.45, 2.75) is 39.2 Å². The van der Waals surface area contributed by atoms with E-state index in [0.29, 0.717) is 5.75 Å². The number of hydrogen-bond donors (Lipinski definition) is 0. The third-order valence-electron chi connectivity index (χ3n) is 3.89. The molecule has 1 aliphatic rings. The first-order chi connectivity index (χ1) is 11.1. The van der Waals surface area contributed by atoms with E-state index >= 15 is 0 Å². The molecule has 1 aromatic rings. The Kier molecular flexibility index (Phi) is 4.57. The third-order valence-corrected chi connectivity index (χ3v) is 3.89. The molecule has 1 aromatic carbocycles. The van der Waals surface area contributed by atoms with Gasteiger partial charge in [-0.2, -0.15) is 0 Å². The van der Waals surface area contributed by atoms with Crippen molar-refractivity contribution in [1.29, 1.82) is 0 Å². The van der Waals surface area contributed by atoms with Crippen molar-refractivity contribution in [3.8, 4) is 11.5 Å². The summed E-state index contributed by atoms with van der Waals surface area (Å²) < 4.78 is 43.2. The Morgan fingerprint density at radius 1 is 1.21 bits per heavy atom. The second-order valence-corrected chi connectivity index (χ2v) is 6.61. The summed E-state index contributed by atoms with van der Waals surface area (Å²) in [6.45, 7) is 4.67. The van der Waals surface area contributed by atoms with Gasteiger partial charge in [0.05, 0.1) is 14.2 Å². The Morgan fingerprint density at radius 2 is 1.83 bits per heavy atom. The zero-order valence-corrected chi connectivity index (χ0v) is 14.2. The molecular weight excluding hydrogens is 322 g/mol. The van der Waals surface area contributed by atoms with Crippen LogP contribution in [0.15, 0.2) is 12.1 Å². The number of Topliss-reactive ketones (excluding diaryl/α,β-unsaturated/α-hetero) is 1. The molecule has 0 spiro atoms. The molecule has 0 heterocycles. The number of rotatable bonds is 4. The van der Waals surface area contributed by atoms with Crippen LogP contribution in [0.2, 0.25) is 0 Å². The van der Waals surface area contributed by atoms with Crippen LogP contribution in [0.3, 0.4) is 0 Å². The van der Waals surface area contributed by atoms with Crippen LogP contribution in [-0.4, -0.2) is 38.0 Å². The van der Waals surface area contributed by atoms with Gasteiger partial charge < -0.3 is 14.2 Å². The van der Waals surface area contributed by atoms with E-state index in [2.05, 4.69) is 0 Å². The predicted molar refractivity (Wildman–Crippen MR) is 81.9 cm³/mol. The van der Waals surface area contributed by atoms with E-state index < -0.39 is 35.6 Å². The van der Waals surface area contributed by atoms with Gasteiger partial charge in [0.2, 0.25) is 0 Å². The number of carbonyl (C=O) groups is 2. The molecule has 7 heteroatoms. The summed E-state index contributed by atoms with van der Waals surface area (Å²) in [5.41, 5.74) is -3.29. The van der Waals surface area contributed by atoms with Gasteiger partial charge >= 0.3 is 5.97 Å². The van der Waals surface area contributed by atoms with Crippen molar-refractivity contribution in [3.05, 3.63) is 23.3 Å². The van der Waals surface area contributed by atoms with E-state index in [1.807, 2.05) is 0 Å². The Balaban J connectivity index is 2.58. The summed E-state index contributed by atoms with van der Waals surface area (Å²) in [5.74, 6) is -1.71. The fraction of sp³-hybridized carbons (Fsp3) is 0.529. The maximum absolute atomic E-state index is 13.9. The molecule has 0 amide bonds. The second-order valence-electron chi connectivity index (χ2n) is 6.61.